The summed E-state index contributed by atoms with van der Waals surface area (Å²) >= 11 is 0. The Balaban J connectivity index is 2.17. The van der Waals surface area contributed by atoms with Crippen LogP contribution in [-0.4, -0.2) is 87.5 Å². The lowest BCUT2D eigenvalue weighted by Gasteiger charge is -2.40. The maximum absolute atomic E-state index is 13.1. The van der Waals surface area contributed by atoms with Gasteiger partial charge in [0.2, 0.25) is 5.91 Å². The van der Waals surface area contributed by atoms with Crippen LogP contribution in [0.2, 0.25) is 0 Å². The summed E-state index contributed by atoms with van der Waals surface area (Å²) in [5.74, 6) is -0.183. The standard InChI is InChI=1S/C74H129NO8/c1-3-5-7-9-11-13-15-17-19-21-23-25-27-29-30-31-32-33-34-35-36-37-38-40-42-44-46-48-50-52-54-56-58-60-62-64-70(78)75-67(66-82-74-73(81)72(80)71(79)69(65-76)83-74)68(77)63-61-59-57-55-53-51-49-47-45-43-41-39-28-26-24-22-20-18-16-14-12-10-8-6-4-2/h5,7,11,13,17,19,23,25,29-30,32-33,35-36,38,40,61,63,67-69,71-74,76-77,79-81H,3-4,6,8-10,12,14-16,18,20-22,24,26-28,31,34,37,39,41-60,62,64-66H2,1-2H3,(H,75,78)/b7-5-,13-11-,19-17-,25-23-,30-29-,33-32-,36-35-,40-38-,63-61+. The van der Waals surface area contributed by atoms with E-state index in [0.29, 0.717) is 6.42 Å². The van der Waals surface area contributed by atoms with Crippen molar-refractivity contribution >= 4 is 5.91 Å². The van der Waals surface area contributed by atoms with Crippen LogP contribution in [0.1, 0.15) is 296 Å². The van der Waals surface area contributed by atoms with Gasteiger partial charge in [-0.05, 0) is 83.5 Å². The lowest BCUT2D eigenvalue weighted by molar-refractivity contribution is -0.302. The molecule has 1 rings (SSSR count). The van der Waals surface area contributed by atoms with E-state index in [1.807, 2.05) is 6.08 Å². The second-order valence-electron chi connectivity index (χ2n) is 23.6. The SMILES string of the molecule is CC/C=C\C/C=C\C/C=C\C/C=C\C/C=C\C/C=C\C/C=C\C/C=C\CCCCCCCCCCCCC(=O)NC(COC1OC(CO)C(O)C(O)C1O)C(O)/C=C/CCCCCCCCCCCCCCCCCCCCCCCCC. The first-order valence-corrected chi connectivity index (χ1v) is 34.6. The third kappa shape index (κ3) is 50.7. The third-order valence-electron chi connectivity index (χ3n) is 15.9. The molecular formula is C74H129NO8. The molecule has 0 aromatic carbocycles. The second-order valence-corrected chi connectivity index (χ2v) is 23.6. The average Bonchev–Trinajstić information content (AvgIpc) is 3.60. The monoisotopic (exact) mass is 1160 g/mol. The van der Waals surface area contributed by atoms with Crippen LogP contribution in [0.15, 0.2) is 109 Å². The number of rotatable bonds is 59. The second kappa shape index (κ2) is 61.9. The molecule has 0 aromatic heterocycles. The number of aliphatic hydroxyl groups is 5. The maximum Gasteiger partial charge on any atom is 0.220 e. The number of unbranched alkanes of at least 4 members (excludes halogenated alkanes) is 33. The summed E-state index contributed by atoms with van der Waals surface area (Å²) in [7, 11) is 0. The topological polar surface area (TPSA) is 149 Å². The van der Waals surface area contributed by atoms with Crippen LogP contribution in [0.25, 0.3) is 0 Å². The molecule has 83 heavy (non-hydrogen) atoms. The molecule has 0 saturated carbocycles. The minimum Gasteiger partial charge on any atom is -0.394 e. The lowest BCUT2D eigenvalue weighted by atomic mass is 9.99. The molecule has 0 bridgehead atoms. The molecule has 7 atom stereocenters. The molecular weight excluding hydrogens is 1030 g/mol. The summed E-state index contributed by atoms with van der Waals surface area (Å²) in [5.41, 5.74) is 0. The van der Waals surface area contributed by atoms with E-state index < -0.39 is 49.5 Å². The maximum atomic E-state index is 13.1. The number of nitrogens with one attached hydrogen (secondary N) is 1. The van der Waals surface area contributed by atoms with Gasteiger partial charge in [0.25, 0.3) is 0 Å². The zero-order valence-electron chi connectivity index (χ0n) is 53.4. The summed E-state index contributed by atoms with van der Waals surface area (Å²) in [4.78, 5) is 13.1. The number of aliphatic hydroxyl groups excluding tert-OH is 5. The van der Waals surface area contributed by atoms with Crippen LogP contribution in [0.4, 0.5) is 0 Å². The molecule has 478 valence electrons. The first kappa shape index (κ1) is 77.9. The van der Waals surface area contributed by atoms with Crippen molar-refractivity contribution in [3.05, 3.63) is 109 Å². The van der Waals surface area contributed by atoms with Gasteiger partial charge in [-0.25, -0.2) is 0 Å². The van der Waals surface area contributed by atoms with E-state index in [2.05, 4.69) is 116 Å². The lowest BCUT2D eigenvalue weighted by Crippen LogP contribution is -2.60. The molecule has 1 saturated heterocycles. The molecule has 6 N–H and O–H groups in total. The van der Waals surface area contributed by atoms with Crippen molar-refractivity contribution in [1.29, 1.82) is 0 Å². The van der Waals surface area contributed by atoms with Crippen molar-refractivity contribution < 1.29 is 39.8 Å². The van der Waals surface area contributed by atoms with Gasteiger partial charge in [0.05, 0.1) is 25.4 Å². The van der Waals surface area contributed by atoms with Crippen LogP contribution in [0.5, 0.6) is 0 Å². The van der Waals surface area contributed by atoms with E-state index >= 15 is 0 Å². The molecule has 0 spiro atoms. The van der Waals surface area contributed by atoms with Crippen LogP contribution >= 0.6 is 0 Å². The predicted molar refractivity (Wildman–Crippen MR) is 354 cm³/mol. The number of amides is 1. The molecule has 7 unspecified atom stereocenters. The molecule has 1 fully saturated rings. The fraction of sp³-hybridized carbons (Fsp3) is 0.743. The molecule has 9 nitrogen and oxygen atoms in total. The summed E-state index contributed by atoms with van der Waals surface area (Å²) in [6.07, 6.45) is 84.6. The van der Waals surface area contributed by atoms with Crippen LogP contribution in [0.3, 0.4) is 0 Å². The highest BCUT2D eigenvalue weighted by molar-refractivity contribution is 5.76. The van der Waals surface area contributed by atoms with E-state index in [4.69, 9.17) is 9.47 Å². The van der Waals surface area contributed by atoms with Crippen molar-refractivity contribution in [2.24, 2.45) is 0 Å². The normalized spacial score (nSPS) is 19.0. The summed E-state index contributed by atoms with van der Waals surface area (Å²) in [6, 6.07) is -0.816. The highest BCUT2D eigenvalue weighted by Crippen LogP contribution is 2.23. The van der Waals surface area contributed by atoms with E-state index in [1.54, 1.807) is 6.08 Å². The fourth-order valence-corrected chi connectivity index (χ4v) is 10.5. The van der Waals surface area contributed by atoms with Crippen LogP contribution in [-0.2, 0) is 14.3 Å². The van der Waals surface area contributed by atoms with Gasteiger partial charge >= 0.3 is 0 Å². The zero-order valence-corrected chi connectivity index (χ0v) is 53.4. The van der Waals surface area contributed by atoms with Gasteiger partial charge in [-0.1, -0.05) is 316 Å². The van der Waals surface area contributed by atoms with Crippen molar-refractivity contribution in [3.8, 4) is 0 Å². The van der Waals surface area contributed by atoms with E-state index in [1.165, 1.54) is 173 Å². The Kier molecular flexibility index (Phi) is 58.1. The van der Waals surface area contributed by atoms with E-state index in [9.17, 15) is 30.3 Å². The Bertz CT molecular complexity index is 1680. The molecule has 0 aromatic rings. The predicted octanol–water partition coefficient (Wildman–Crippen LogP) is 18.9. The molecule has 0 aliphatic carbocycles. The minimum atomic E-state index is -1.57. The van der Waals surface area contributed by atoms with Crippen molar-refractivity contribution in [1.82, 2.24) is 5.32 Å². The van der Waals surface area contributed by atoms with Gasteiger partial charge in [0.1, 0.15) is 24.4 Å². The number of allylic oxidation sites excluding steroid dienone is 17. The molecule has 9 heteroatoms. The average molecular weight is 1160 g/mol. The Morgan fingerprint density at radius 2 is 0.747 bits per heavy atom. The smallest absolute Gasteiger partial charge is 0.220 e. The fourth-order valence-electron chi connectivity index (χ4n) is 10.5. The number of hydrogen-bond acceptors (Lipinski definition) is 8. The number of hydrogen-bond donors (Lipinski definition) is 6. The highest BCUT2D eigenvalue weighted by atomic mass is 16.7. The Morgan fingerprint density at radius 3 is 1.11 bits per heavy atom. The highest BCUT2D eigenvalue weighted by Gasteiger charge is 2.44. The summed E-state index contributed by atoms with van der Waals surface area (Å²) in [6.45, 7) is 3.69. The first-order valence-electron chi connectivity index (χ1n) is 34.6. The summed E-state index contributed by atoms with van der Waals surface area (Å²) < 4.78 is 11.3. The van der Waals surface area contributed by atoms with Crippen molar-refractivity contribution in [2.75, 3.05) is 13.2 Å². The largest absolute Gasteiger partial charge is 0.394 e. The molecule has 1 amide bonds. The van der Waals surface area contributed by atoms with Gasteiger partial charge < -0.3 is 40.3 Å². The van der Waals surface area contributed by atoms with Gasteiger partial charge in [-0.15, -0.1) is 0 Å². The number of carbonyl (C=O) groups is 1. The van der Waals surface area contributed by atoms with Crippen LogP contribution in [0, 0.1) is 0 Å². The van der Waals surface area contributed by atoms with Gasteiger partial charge in [0, 0.05) is 6.42 Å². The Morgan fingerprint density at radius 1 is 0.422 bits per heavy atom. The van der Waals surface area contributed by atoms with E-state index in [-0.39, 0.29) is 12.5 Å². The summed E-state index contributed by atoms with van der Waals surface area (Å²) in [5, 5.41) is 54.8. The molecule has 1 aliphatic heterocycles. The molecule has 1 heterocycles. The Hall–Kier alpha value is -3.15. The quantitative estimate of drug-likeness (QED) is 0.0261. The minimum absolute atomic E-state index is 0.183. The van der Waals surface area contributed by atoms with Gasteiger partial charge in [-0.2, -0.15) is 0 Å². The van der Waals surface area contributed by atoms with Gasteiger partial charge in [-0.3, -0.25) is 4.79 Å². The molecule has 1 aliphatic rings. The van der Waals surface area contributed by atoms with Crippen molar-refractivity contribution in [2.45, 2.75) is 339 Å². The first-order chi connectivity index (χ1) is 40.8. The zero-order chi connectivity index (χ0) is 60.0. The Labute approximate surface area is 510 Å². The van der Waals surface area contributed by atoms with Gasteiger partial charge in [0.15, 0.2) is 6.29 Å². The third-order valence-corrected chi connectivity index (χ3v) is 15.9. The van der Waals surface area contributed by atoms with Crippen molar-refractivity contribution in [3.63, 3.8) is 0 Å². The van der Waals surface area contributed by atoms with E-state index in [0.717, 1.165) is 103 Å². The molecule has 0 radical (unpaired) electrons. The number of ether oxygens (including phenoxy) is 2. The number of carbonyl (C=O) groups excluding carboxylic acids is 1. The van der Waals surface area contributed by atoms with Crippen LogP contribution < -0.4 is 5.32 Å².